The molecule has 0 radical (unpaired) electrons. The summed E-state index contributed by atoms with van der Waals surface area (Å²) in [5.41, 5.74) is 0.935. The lowest BCUT2D eigenvalue weighted by molar-refractivity contribution is 0.101. The first kappa shape index (κ1) is 18.9. The van der Waals surface area contributed by atoms with Crippen molar-refractivity contribution in [1.29, 1.82) is 0 Å². The van der Waals surface area contributed by atoms with Gasteiger partial charge in [0.2, 0.25) is 0 Å². The van der Waals surface area contributed by atoms with Crippen LogP contribution in [0.3, 0.4) is 0 Å². The molecule has 0 fully saturated rings. The van der Waals surface area contributed by atoms with Crippen molar-refractivity contribution in [1.82, 2.24) is 0 Å². The minimum absolute atomic E-state index is 0.115. The summed E-state index contributed by atoms with van der Waals surface area (Å²) in [5.74, 6) is -1.34. The number of ether oxygens (including phenoxy) is 1. The third kappa shape index (κ3) is 4.27. The van der Waals surface area contributed by atoms with Gasteiger partial charge in [-0.15, -0.1) is 0 Å². The number of benzene rings is 3. The number of carbonyl (C=O) groups is 2. The standard InChI is InChI=1S/C21H17FN2O4/c1-28-19-10-9-15(23-21(27)16-7-2-3-8-18(16)25)12-17(19)24-20(26)13-5-4-6-14(22)11-13/h2-12,25H,1H3,(H,23,27)(H,24,26). The van der Waals surface area contributed by atoms with E-state index in [0.717, 1.165) is 6.07 Å². The molecule has 0 saturated carbocycles. The fourth-order valence-corrected chi connectivity index (χ4v) is 2.57. The summed E-state index contributed by atoms with van der Waals surface area (Å²) < 4.78 is 18.6. The first-order valence-corrected chi connectivity index (χ1v) is 8.32. The molecule has 0 unspecified atom stereocenters. The molecule has 3 aromatic carbocycles. The van der Waals surface area contributed by atoms with Crippen LogP contribution in [0.15, 0.2) is 66.7 Å². The number of hydrogen-bond donors (Lipinski definition) is 3. The van der Waals surface area contributed by atoms with Crippen LogP contribution in [0.2, 0.25) is 0 Å². The molecule has 142 valence electrons. The maximum atomic E-state index is 13.3. The molecule has 2 amide bonds. The number of carbonyl (C=O) groups excluding carboxylic acids is 2. The van der Waals surface area contributed by atoms with Crippen LogP contribution in [0.5, 0.6) is 11.5 Å². The van der Waals surface area contributed by atoms with Crippen LogP contribution < -0.4 is 15.4 Å². The molecule has 0 saturated heterocycles. The zero-order chi connectivity index (χ0) is 20.1. The van der Waals surface area contributed by atoms with Crippen LogP contribution in [0.4, 0.5) is 15.8 Å². The molecule has 0 aliphatic carbocycles. The minimum atomic E-state index is -0.526. The highest BCUT2D eigenvalue weighted by Gasteiger charge is 2.14. The third-order valence-electron chi connectivity index (χ3n) is 3.94. The fraction of sp³-hybridized carbons (Fsp3) is 0.0476. The van der Waals surface area contributed by atoms with Crippen LogP contribution in [0, 0.1) is 5.82 Å². The number of halogens is 1. The highest BCUT2D eigenvalue weighted by molar-refractivity contribution is 6.08. The van der Waals surface area contributed by atoms with Crippen molar-refractivity contribution in [2.24, 2.45) is 0 Å². The Morgan fingerprint density at radius 2 is 1.71 bits per heavy atom. The van der Waals surface area contributed by atoms with E-state index >= 15 is 0 Å². The van der Waals surface area contributed by atoms with E-state index in [-0.39, 0.29) is 16.9 Å². The number of aromatic hydroxyl groups is 1. The molecule has 0 bridgehead atoms. The predicted octanol–water partition coefficient (Wildman–Crippen LogP) is 4.04. The molecule has 0 aliphatic heterocycles. The largest absolute Gasteiger partial charge is 0.507 e. The minimum Gasteiger partial charge on any atom is -0.507 e. The molecule has 7 heteroatoms. The normalized spacial score (nSPS) is 10.2. The summed E-state index contributed by atoms with van der Waals surface area (Å²) in [4.78, 5) is 24.7. The molecule has 0 aromatic heterocycles. The SMILES string of the molecule is COc1ccc(NC(=O)c2ccccc2O)cc1NC(=O)c1cccc(F)c1. The first-order chi connectivity index (χ1) is 13.5. The summed E-state index contributed by atoms with van der Waals surface area (Å²) in [6.07, 6.45) is 0. The van der Waals surface area contributed by atoms with E-state index in [4.69, 9.17) is 4.74 Å². The Hall–Kier alpha value is -3.87. The Morgan fingerprint density at radius 3 is 2.43 bits per heavy atom. The van der Waals surface area contributed by atoms with Crippen molar-refractivity contribution in [2.45, 2.75) is 0 Å². The zero-order valence-corrected chi connectivity index (χ0v) is 14.9. The Morgan fingerprint density at radius 1 is 0.929 bits per heavy atom. The molecule has 0 spiro atoms. The quantitative estimate of drug-likeness (QED) is 0.623. The van der Waals surface area contributed by atoms with Crippen molar-refractivity contribution >= 4 is 23.2 Å². The summed E-state index contributed by atoms with van der Waals surface area (Å²) in [6.45, 7) is 0. The molecule has 3 N–H and O–H groups in total. The van der Waals surface area contributed by atoms with Gasteiger partial charge < -0.3 is 20.5 Å². The van der Waals surface area contributed by atoms with Gasteiger partial charge in [0.25, 0.3) is 11.8 Å². The van der Waals surface area contributed by atoms with Crippen molar-refractivity contribution in [3.63, 3.8) is 0 Å². The first-order valence-electron chi connectivity index (χ1n) is 8.32. The number of methoxy groups -OCH3 is 1. The Bertz CT molecular complexity index is 1040. The highest BCUT2D eigenvalue weighted by Crippen LogP contribution is 2.29. The van der Waals surface area contributed by atoms with Gasteiger partial charge >= 0.3 is 0 Å². The molecule has 3 aromatic rings. The van der Waals surface area contributed by atoms with E-state index in [1.165, 1.54) is 43.5 Å². The second kappa shape index (κ2) is 8.22. The molecular weight excluding hydrogens is 363 g/mol. The third-order valence-corrected chi connectivity index (χ3v) is 3.94. The summed E-state index contributed by atoms with van der Waals surface area (Å²) in [7, 11) is 1.44. The van der Waals surface area contributed by atoms with Gasteiger partial charge in [-0.1, -0.05) is 18.2 Å². The van der Waals surface area contributed by atoms with E-state index in [2.05, 4.69) is 10.6 Å². The molecule has 0 aliphatic rings. The number of hydrogen-bond acceptors (Lipinski definition) is 4. The van der Waals surface area contributed by atoms with Gasteiger partial charge in [0, 0.05) is 11.3 Å². The van der Waals surface area contributed by atoms with Crippen LogP contribution in [0.25, 0.3) is 0 Å². The van der Waals surface area contributed by atoms with Crippen molar-refractivity contribution in [3.8, 4) is 11.5 Å². The van der Waals surface area contributed by atoms with Gasteiger partial charge in [-0.05, 0) is 48.5 Å². The number of rotatable bonds is 5. The smallest absolute Gasteiger partial charge is 0.259 e. The molecule has 28 heavy (non-hydrogen) atoms. The zero-order valence-electron chi connectivity index (χ0n) is 14.9. The van der Waals surface area contributed by atoms with E-state index in [9.17, 15) is 19.1 Å². The maximum Gasteiger partial charge on any atom is 0.259 e. The molecule has 0 heterocycles. The van der Waals surface area contributed by atoms with Crippen molar-refractivity contribution in [3.05, 3.63) is 83.7 Å². The second-order valence-electron chi connectivity index (χ2n) is 5.85. The number of nitrogens with one attached hydrogen (secondary N) is 2. The Balaban J connectivity index is 1.83. The second-order valence-corrected chi connectivity index (χ2v) is 5.85. The predicted molar refractivity (Wildman–Crippen MR) is 103 cm³/mol. The van der Waals surface area contributed by atoms with Crippen molar-refractivity contribution < 1.29 is 23.8 Å². The number of para-hydroxylation sites is 1. The molecule has 0 atom stereocenters. The highest BCUT2D eigenvalue weighted by atomic mass is 19.1. The lowest BCUT2D eigenvalue weighted by atomic mass is 10.1. The Labute approximate surface area is 160 Å². The van der Waals surface area contributed by atoms with Gasteiger partial charge in [-0.25, -0.2) is 4.39 Å². The number of anilines is 2. The fourth-order valence-electron chi connectivity index (χ4n) is 2.57. The summed E-state index contributed by atoms with van der Waals surface area (Å²) >= 11 is 0. The van der Waals surface area contributed by atoms with Gasteiger partial charge in [-0.2, -0.15) is 0 Å². The topological polar surface area (TPSA) is 87.7 Å². The molecule has 6 nitrogen and oxygen atoms in total. The maximum absolute atomic E-state index is 13.3. The van der Waals surface area contributed by atoms with Gasteiger partial charge in [-0.3, -0.25) is 9.59 Å². The molecule has 3 rings (SSSR count). The average molecular weight is 380 g/mol. The molecular formula is C21H17FN2O4. The van der Waals surface area contributed by atoms with Gasteiger partial charge in [0.15, 0.2) is 0 Å². The summed E-state index contributed by atoms with van der Waals surface area (Å²) in [6, 6.07) is 16.1. The lowest BCUT2D eigenvalue weighted by Crippen LogP contribution is -2.15. The van der Waals surface area contributed by atoms with E-state index in [0.29, 0.717) is 17.1 Å². The van der Waals surface area contributed by atoms with Gasteiger partial charge in [0.1, 0.15) is 17.3 Å². The lowest BCUT2D eigenvalue weighted by Gasteiger charge is -2.13. The van der Waals surface area contributed by atoms with Crippen LogP contribution >= 0.6 is 0 Å². The number of amides is 2. The number of phenolic OH excluding ortho intramolecular Hbond substituents is 1. The monoisotopic (exact) mass is 380 g/mol. The van der Waals surface area contributed by atoms with Crippen LogP contribution in [0.1, 0.15) is 20.7 Å². The Kier molecular flexibility index (Phi) is 5.55. The van der Waals surface area contributed by atoms with Crippen molar-refractivity contribution in [2.75, 3.05) is 17.7 Å². The van der Waals surface area contributed by atoms with E-state index < -0.39 is 17.6 Å². The van der Waals surface area contributed by atoms with Crippen LogP contribution in [-0.4, -0.2) is 24.0 Å². The van der Waals surface area contributed by atoms with Gasteiger partial charge in [0.05, 0.1) is 18.4 Å². The van der Waals surface area contributed by atoms with Crippen LogP contribution in [-0.2, 0) is 0 Å². The summed E-state index contributed by atoms with van der Waals surface area (Å²) in [5, 5.41) is 15.1. The number of phenols is 1. The average Bonchev–Trinajstić information content (AvgIpc) is 2.68. The van der Waals surface area contributed by atoms with E-state index in [1.54, 1.807) is 24.3 Å². The van der Waals surface area contributed by atoms with E-state index in [1.807, 2.05) is 0 Å².